The molecule has 1 aromatic rings. The van der Waals surface area contributed by atoms with Crippen LogP contribution in [-0.4, -0.2) is 36.2 Å². The Morgan fingerprint density at radius 3 is 2.85 bits per heavy atom. The summed E-state index contributed by atoms with van der Waals surface area (Å²) in [6.07, 6.45) is 5.41. The van der Waals surface area contributed by atoms with Crippen LogP contribution in [0.3, 0.4) is 0 Å². The Kier molecular flexibility index (Phi) is 4.44. The van der Waals surface area contributed by atoms with Crippen molar-refractivity contribution in [1.29, 1.82) is 0 Å². The number of nitrogens with one attached hydrogen (secondary N) is 2. The van der Waals surface area contributed by atoms with Crippen LogP contribution in [0.5, 0.6) is 0 Å². The van der Waals surface area contributed by atoms with Crippen LogP contribution < -0.4 is 4.72 Å². The zero-order valence-corrected chi connectivity index (χ0v) is 12.1. The molecule has 0 saturated heterocycles. The van der Waals surface area contributed by atoms with Gasteiger partial charge in [0.15, 0.2) is 5.03 Å². The van der Waals surface area contributed by atoms with Gasteiger partial charge in [-0.2, -0.15) is 5.10 Å². The summed E-state index contributed by atoms with van der Waals surface area (Å²) in [5, 5.41) is 14.3. The highest BCUT2D eigenvalue weighted by molar-refractivity contribution is 7.89. The number of carboxylic acid groups (broad SMARTS) is 1. The molecule has 1 fully saturated rings. The number of hydrogen-bond donors (Lipinski definition) is 3. The molecule has 8 heteroatoms. The molecule has 1 aromatic heterocycles. The molecular formula is C12H19N3O4S. The van der Waals surface area contributed by atoms with Gasteiger partial charge in [0, 0.05) is 6.54 Å². The first-order valence-corrected chi connectivity index (χ1v) is 8.16. The van der Waals surface area contributed by atoms with Crippen molar-refractivity contribution in [3.63, 3.8) is 0 Å². The normalized spacial score (nSPS) is 23.6. The molecule has 0 bridgehead atoms. The van der Waals surface area contributed by atoms with E-state index in [4.69, 9.17) is 5.11 Å². The second kappa shape index (κ2) is 5.92. The molecule has 0 spiro atoms. The number of aromatic carboxylic acids is 1. The maximum Gasteiger partial charge on any atom is 0.340 e. The number of sulfonamides is 1. The minimum absolute atomic E-state index is 0.301. The molecule has 1 aliphatic rings. The summed E-state index contributed by atoms with van der Waals surface area (Å²) < 4.78 is 26.7. The van der Waals surface area contributed by atoms with Crippen LogP contribution in [-0.2, 0) is 10.0 Å². The van der Waals surface area contributed by atoms with Crippen molar-refractivity contribution in [2.24, 2.45) is 11.8 Å². The van der Waals surface area contributed by atoms with Crippen molar-refractivity contribution in [2.75, 3.05) is 6.54 Å². The summed E-state index contributed by atoms with van der Waals surface area (Å²) in [5.41, 5.74) is -0.339. The third-order valence-electron chi connectivity index (χ3n) is 3.93. The van der Waals surface area contributed by atoms with Gasteiger partial charge >= 0.3 is 5.97 Å². The maximum atomic E-state index is 12.1. The number of rotatable bonds is 5. The Morgan fingerprint density at radius 2 is 2.20 bits per heavy atom. The fraction of sp³-hybridized carbons (Fsp3) is 0.667. The number of aromatic nitrogens is 2. The Balaban J connectivity index is 2.07. The van der Waals surface area contributed by atoms with Gasteiger partial charge in [-0.3, -0.25) is 5.10 Å². The Labute approximate surface area is 117 Å². The minimum atomic E-state index is -3.86. The van der Waals surface area contributed by atoms with Gasteiger partial charge in [0.05, 0.1) is 6.20 Å². The molecule has 2 unspecified atom stereocenters. The molecule has 2 rings (SSSR count). The molecule has 20 heavy (non-hydrogen) atoms. The molecule has 2 atom stereocenters. The lowest BCUT2D eigenvalue weighted by atomic mass is 9.81. The fourth-order valence-corrected chi connectivity index (χ4v) is 3.80. The van der Waals surface area contributed by atoms with Crippen LogP contribution in [0.4, 0.5) is 0 Å². The number of carbonyl (C=O) groups is 1. The number of carboxylic acids is 1. The van der Waals surface area contributed by atoms with Crippen LogP contribution in [0.1, 0.15) is 43.0 Å². The molecule has 7 nitrogen and oxygen atoms in total. The third-order valence-corrected chi connectivity index (χ3v) is 5.32. The molecule has 112 valence electrons. The van der Waals surface area contributed by atoms with Crippen molar-refractivity contribution in [3.05, 3.63) is 11.8 Å². The highest BCUT2D eigenvalue weighted by Gasteiger charge is 2.27. The Hall–Kier alpha value is -1.41. The van der Waals surface area contributed by atoms with E-state index >= 15 is 0 Å². The van der Waals surface area contributed by atoms with Crippen molar-refractivity contribution in [3.8, 4) is 0 Å². The van der Waals surface area contributed by atoms with E-state index < -0.39 is 16.0 Å². The molecule has 0 amide bonds. The molecule has 0 aromatic carbocycles. The monoisotopic (exact) mass is 301 g/mol. The van der Waals surface area contributed by atoms with E-state index in [0.717, 1.165) is 25.5 Å². The summed E-state index contributed by atoms with van der Waals surface area (Å²) in [6, 6.07) is 0. The zero-order chi connectivity index (χ0) is 14.8. The minimum Gasteiger partial charge on any atom is -0.478 e. The van der Waals surface area contributed by atoms with Gasteiger partial charge < -0.3 is 5.11 Å². The summed E-state index contributed by atoms with van der Waals surface area (Å²) in [4.78, 5) is 10.9. The van der Waals surface area contributed by atoms with Crippen molar-refractivity contribution >= 4 is 16.0 Å². The van der Waals surface area contributed by atoms with Gasteiger partial charge in [0.25, 0.3) is 10.0 Å². The number of hydrogen-bond acceptors (Lipinski definition) is 4. The molecular weight excluding hydrogens is 282 g/mol. The van der Waals surface area contributed by atoms with Gasteiger partial charge in [-0.05, 0) is 18.3 Å². The van der Waals surface area contributed by atoms with Crippen molar-refractivity contribution in [1.82, 2.24) is 14.9 Å². The van der Waals surface area contributed by atoms with Crippen LogP contribution in [0, 0.1) is 11.8 Å². The van der Waals surface area contributed by atoms with Crippen molar-refractivity contribution < 1.29 is 18.3 Å². The van der Waals surface area contributed by atoms with E-state index in [0.29, 0.717) is 18.4 Å². The highest BCUT2D eigenvalue weighted by Crippen LogP contribution is 2.29. The lowest BCUT2D eigenvalue weighted by Crippen LogP contribution is -2.34. The number of nitrogens with zero attached hydrogens (tertiary/aromatic N) is 1. The van der Waals surface area contributed by atoms with E-state index in [9.17, 15) is 13.2 Å². The van der Waals surface area contributed by atoms with Crippen LogP contribution in [0.25, 0.3) is 0 Å². The first-order valence-electron chi connectivity index (χ1n) is 6.68. The molecule has 1 saturated carbocycles. The summed E-state index contributed by atoms with van der Waals surface area (Å²) in [5.74, 6) is -0.535. The van der Waals surface area contributed by atoms with Crippen LogP contribution >= 0.6 is 0 Å². The third kappa shape index (κ3) is 3.18. The van der Waals surface area contributed by atoms with Gasteiger partial charge in [-0.25, -0.2) is 17.9 Å². The van der Waals surface area contributed by atoms with Crippen LogP contribution in [0.2, 0.25) is 0 Å². The molecule has 0 radical (unpaired) electrons. The van der Waals surface area contributed by atoms with Gasteiger partial charge in [0.2, 0.25) is 0 Å². The average molecular weight is 301 g/mol. The van der Waals surface area contributed by atoms with Gasteiger partial charge in [-0.1, -0.05) is 26.2 Å². The molecule has 0 aliphatic heterocycles. The predicted molar refractivity (Wildman–Crippen MR) is 71.9 cm³/mol. The summed E-state index contributed by atoms with van der Waals surface area (Å²) in [6.45, 7) is 2.46. The zero-order valence-electron chi connectivity index (χ0n) is 11.3. The lowest BCUT2D eigenvalue weighted by molar-refractivity contribution is 0.0692. The Bertz CT molecular complexity index is 581. The van der Waals surface area contributed by atoms with E-state index in [1.165, 1.54) is 6.42 Å². The second-order valence-electron chi connectivity index (χ2n) is 5.29. The van der Waals surface area contributed by atoms with Gasteiger partial charge in [-0.15, -0.1) is 0 Å². The smallest absolute Gasteiger partial charge is 0.340 e. The fourth-order valence-electron chi connectivity index (χ4n) is 2.62. The molecule has 3 N–H and O–H groups in total. The molecule has 1 heterocycles. The average Bonchev–Trinajstić information content (AvgIpc) is 2.88. The first-order chi connectivity index (χ1) is 9.42. The largest absolute Gasteiger partial charge is 0.478 e. The summed E-state index contributed by atoms with van der Waals surface area (Å²) in [7, 11) is -3.86. The highest BCUT2D eigenvalue weighted by atomic mass is 32.2. The Morgan fingerprint density at radius 1 is 1.50 bits per heavy atom. The standard InChI is InChI=1S/C12H19N3O4S/c1-8-4-2-3-5-9(8)6-14-20(18,19)11-10(12(16)17)7-13-15-11/h7-9,14H,2-6H2,1H3,(H,13,15)(H,16,17). The summed E-state index contributed by atoms with van der Waals surface area (Å²) >= 11 is 0. The predicted octanol–water partition coefficient (Wildman–Crippen LogP) is 1.21. The quantitative estimate of drug-likeness (QED) is 0.756. The van der Waals surface area contributed by atoms with E-state index in [-0.39, 0.29) is 10.6 Å². The molecule has 1 aliphatic carbocycles. The van der Waals surface area contributed by atoms with Gasteiger partial charge in [0.1, 0.15) is 5.56 Å². The lowest BCUT2D eigenvalue weighted by Gasteiger charge is -2.28. The van der Waals surface area contributed by atoms with Crippen LogP contribution in [0.15, 0.2) is 11.2 Å². The van der Waals surface area contributed by atoms with E-state index in [1.54, 1.807) is 0 Å². The van der Waals surface area contributed by atoms with Crippen molar-refractivity contribution in [2.45, 2.75) is 37.6 Å². The van der Waals surface area contributed by atoms with E-state index in [1.807, 2.05) is 0 Å². The number of H-pyrrole nitrogens is 1. The topological polar surface area (TPSA) is 112 Å². The van der Waals surface area contributed by atoms with E-state index in [2.05, 4.69) is 21.8 Å². The second-order valence-corrected chi connectivity index (χ2v) is 7.00. The number of aromatic amines is 1. The SMILES string of the molecule is CC1CCCCC1CNS(=O)(=O)c1[nH]ncc1C(=O)O. The first kappa shape index (κ1) is 15.0. The maximum absolute atomic E-state index is 12.1.